The molecule has 0 amide bonds. The SMILES string of the molecule is CNC(C)c1cccc(S(=O)(=O)NC2CCSCC2)c1. The maximum absolute atomic E-state index is 12.4. The molecule has 20 heavy (non-hydrogen) atoms. The summed E-state index contributed by atoms with van der Waals surface area (Å²) in [6.45, 7) is 2.01. The lowest BCUT2D eigenvalue weighted by Crippen LogP contribution is -2.37. The number of hydrogen-bond acceptors (Lipinski definition) is 4. The largest absolute Gasteiger partial charge is 0.313 e. The van der Waals surface area contributed by atoms with Gasteiger partial charge in [-0.2, -0.15) is 11.8 Å². The van der Waals surface area contributed by atoms with Gasteiger partial charge in [0.25, 0.3) is 0 Å². The number of sulfonamides is 1. The fourth-order valence-electron chi connectivity index (χ4n) is 2.22. The zero-order valence-electron chi connectivity index (χ0n) is 11.9. The Morgan fingerprint density at radius 1 is 1.30 bits per heavy atom. The van der Waals surface area contributed by atoms with Crippen LogP contribution in [0.2, 0.25) is 0 Å². The van der Waals surface area contributed by atoms with Crippen LogP contribution in [0.1, 0.15) is 31.4 Å². The fourth-order valence-corrected chi connectivity index (χ4v) is 4.69. The quantitative estimate of drug-likeness (QED) is 0.874. The smallest absolute Gasteiger partial charge is 0.240 e. The summed E-state index contributed by atoms with van der Waals surface area (Å²) in [7, 11) is -1.55. The van der Waals surface area contributed by atoms with Crippen LogP contribution in [0.15, 0.2) is 29.2 Å². The minimum Gasteiger partial charge on any atom is -0.313 e. The summed E-state index contributed by atoms with van der Waals surface area (Å²) >= 11 is 1.89. The number of nitrogens with one attached hydrogen (secondary N) is 2. The third-order valence-electron chi connectivity index (χ3n) is 3.64. The second-order valence-electron chi connectivity index (χ2n) is 5.09. The molecule has 0 radical (unpaired) electrons. The van der Waals surface area contributed by atoms with Crippen molar-refractivity contribution in [1.29, 1.82) is 0 Å². The van der Waals surface area contributed by atoms with Crippen molar-refractivity contribution >= 4 is 21.8 Å². The van der Waals surface area contributed by atoms with Crippen molar-refractivity contribution in [3.05, 3.63) is 29.8 Å². The standard InChI is InChI=1S/C14H22N2O2S2/c1-11(15-2)12-4-3-5-14(10-12)20(17,18)16-13-6-8-19-9-7-13/h3-5,10-11,13,15-16H,6-9H2,1-2H3. The minimum atomic E-state index is -3.41. The second-order valence-corrected chi connectivity index (χ2v) is 8.03. The monoisotopic (exact) mass is 314 g/mol. The molecule has 1 aromatic carbocycles. The van der Waals surface area contributed by atoms with E-state index in [1.165, 1.54) is 0 Å². The van der Waals surface area contributed by atoms with Crippen LogP contribution < -0.4 is 10.0 Å². The Balaban J connectivity index is 2.16. The van der Waals surface area contributed by atoms with E-state index in [1.54, 1.807) is 18.2 Å². The van der Waals surface area contributed by atoms with Gasteiger partial charge in [0.05, 0.1) is 4.90 Å². The normalized spacial score (nSPS) is 18.9. The van der Waals surface area contributed by atoms with Crippen molar-refractivity contribution in [1.82, 2.24) is 10.0 Å². The first-order valence-corrected chi connectivity index (χ1v) is 9.54. The van der Waals surface area contributed by atoms with Crippen molar-refractivity contribution < 1.29 is 8.42 Å². The Kier molecular flexibility index (Phi) is 5.49. The van der Waals surface area contributed by atoms with Gasteiger partial charge in [-0.1, -0.05) is 12.1 Å². The first kappa shape index (κ1) is 15.8. The van der Waals surface area contributed by atoms with Crippen LogP contribution in [0.5, 0.6) is 0 Å². The van der Waals surface area contributed by atoms with Crippen LogP contribution in [0.25, 0.3) is 0 Å². The molecule has 4 nitrogen and oxygen atoms in total. The van der Waals surface area contributed by atoms with Crippen LogP contribution >= 0.6 is 11.8 Å². The number of thioether (sulfide) groups is 1. The molecule has 0 spiro atoms. The molecule has 0 aliphatic carbocycles. The predicted octanol–water partition coefficient (Wildman–Crippen LogP) is 2.14. The molecule has 2 rings (SSSR count). The van der Waals surface area contributed by atoms with E-state index in [4.69, 9.17) is 0 Å². The van der Waals surface area contributed by atoms with Gasteiger partial charge < -0.3 is 5.32 Å². The molecule has 112 valence electrons. The Morgan fingerprint density at radius 2 is 2.00 bits per heavy atom. The van der Waals surface area contributed by atoms with Gasteiger partial charge in [-0.25, -0.2) is 13.1 Å². The highest BCUT2D eigenvalue weighted by Gasteiger charge is 2.22. The maximum Gasteiger partial charge on any atom is 0.240 e. The molecule has 1 aliphatic rings. The third kappa shape index (κ3) is 3.97. The summed E-state index contributed by atoms with van der Waals surface area (Å²) in [6, 6.07) is 7.36. The Labute approximate surface area is 125 Å². The summed E-state index contributed by atoms with van der Waals surface area (Å²) in [6.07, 6.45) is 1.83. The highest BCUT2D eigenvalue weighted by Crippen LogP contribution is 2.21. The van der Waals surface area contributed by atoms with E-state index in [0.29, 0.717) is 4.90 Å². The van der Waals surface area contributed by atoms with Crippen molar-refractivity contribution in [3.63, 3.8) is 0 Å². The van der Waals surface area contributed by atoms with E-state index in [1.807, 2.05) is 31.8 Å². The topological polar surface area (TPSA) is 58.2 Å². The third-order valence-corrected chi connectivity index (χ3v) is 6.21. The molecule has 1 unspecified atom stereocenters. The summed E-state index contributed by atoms with van der Waals surface area (Å²) < 4.78 is 27.7. The molecule has 2 N–H and O–H groups in total. The predicted molar refractivity (Wildman–Crippen MR) is 84.6 cm³/mol. The first-order valence-electron chi connectivity index (χ1n) is 6.90. The molecule has 1 heterocycles. The second kappa shape index (κ2) is 6.93. The van der Waals surface area contributed by atoms with E-state index in [-0.39, 0.29) is 12.1 Å². The molecule has 0 bridgehead atoms. The number of benzene rings is 1. The Hall–Kier alpha value is -0.560. The maximum atomic E-state index is 12.4. The van der Waals surface area contributed by atoms with E-state index in [0.717, 1.165) is 29.9 Å². The van der Waals surface area contributed by atoms with Gasteiger partial charge in [0.15, 0.2) is 0 Å². The fraction of sp³-hybridized carbons (Fsp3) is 0.571. The molecule has 1 fully saturated rings. The number of rotatable bonds is 5. The highest BCUT2D eigenvalue weighted by atomic mass is 32.2. The van der Waals surface area contributed by atoms with Crippen LogP contribution in [0.4, 0.5) is 0 Å². The van der Waals surface area contributed by atoms with Gasteiger partial charge in [0.1, 0.15) is 0 Å². The highest BCUT2D eigenvalue weighted by molar-refractivity contribution is 7.99. The van der Waals surface area contributed by atoms with Gasteiger partial charge in [-0.05, 0) is 56.0 Å². The molecular formula is C14H22N2O2S2. The molecule has 1 saturated heterocycles. The molecule has 0 saturated carbocycles. The van der Waals surface area contributed by atoms with Crippen molar-refractivity contribution in [2.75, 3.05) is 18.6 Å². The lowest BCUT2D eigenvalue weighted by molar-refractivity contribution is 0.528. The lowest BCUT2D eigenvalue weighted by Gasteiger charge is -2.22. The Bertz CT molecular complexity index is 540. The average Bonchev–Trinajstić information content (AvgIpc) is 2.47. The summed E-state index contributed by atoms with van der Waals surface area (Å²) in [5, 5.41) is 3.12. The van der Waals surface area contributed by atoms with E-state index < -0.39 is 10.0 Å². The van der Waals surface area contributed by atoms with Crippen LogP contribution in [0, 0.1) is 0 Å². The van der Waals surface area contributed by atoms with Crippen molar-refractivity contribution in [2.45, 2.75) is 36.7 Å². The van der Waals surface area contributed by atoms with E-state index in [2.05, 4.69) is 10.0 Å². The first-order chi connectivity index (χ1) is 9.53. The molecular weight excluding hydrogens is 292 g/mol. The van der Waals surface area contributed by atoms with Crippen LogP contribution in [-0.4, -0.2) is 33.0 Å². The zero-order valence-corrected chi connectivity index (χ0v) is 13.6. The lowest BCUT2D eigenvalue weighted by atomic mass is 10.1. The van der Waals surface area contributed by atoms with Gasteiger partial charge in [-0.3, -0.25) is 0 Å². The number of hydrogen-bond donors (Lipinski definition) is 2. The molecule has 1 aromatic rings. The summed E-state index contributed by atoms with van der Waals surface area (Å²) in [5.74, 6) is 2.06. The minimum absolute atomic E-state index is 0.0756. The van der Waals surface area contributed by atoms with Crippen molar-refractivity contribution in [2.24, 2.45) is 0 Å². The average molecular weight is 314 g/mol. The van der Waals surface area contributed by atoms with Crippen molar-refractivity contribution in [3.8, 4) is 0 Å². The van der Waals surface area contributed by atoms with Crippen LogP contribution in [-0.2, 0) is 10.0 Å². The Morgan fingerprint density at radius 3 is 2.65 bits per heavy atom. The molecule has 1 aliphatic heterocycles. The molecule has 6 heteroatoms. The van der Waals surface area contributed by atoms with E-state index >= 15 is 0 Å². The van der Waals surface area contributed by atoms with Gasteiger partial charge >= 0.3 is 0 Å². The van der Waals surface area contributed by atoms with Crippen LogP contribution in [0.3, 0.4) is 0 Å². The zero-order chi connectivity index (χ0) is 14.6. The van der Waals surface area contributed by atoms with Gasteiger partial charge in [-0.15, -0.1) is 0 Å². The summed E-state index contributed by atoms with van der Waals surface area (Å²) in [4.78, 5) is 0.357. The molecule has 0 aromatic heterocycles. The van der Waals surface area contributed by atoms with E-state index in [9.17, 15) is 8.42 Å². The van der Waals surface area contributed by atoms with Gasteiger partial charge in [0.2, 0.25) is 10.0 Å². The summed E-state index contributed by atoms with van der Waals surface area (Å²) in [5.41, 5.74) is 0.981. The molecule has 1 atom stereocenters. The van der Waals surface area contributed by atoms with Gasteiger partial charge in [0, 0.05) is 12.1 Å².